The van der Waals surface area contributed by atoms with Gasteiger partial charge in [-0.25, -0.2) is 0 Å². The molecular formula is C16H21N3. The van der Waals surface area contributed by atoms with Gasteiger partial charge < -0.3 is 5.32 Å². The first-order valence-corrected chi connectivity index (χ1v) is 6.60. The summed E-state index contributed by atoms with van der Waals surface area (Å²) in [4.78, 5) is 8.77. The fraction of sp³-hybridized carbons (Fsp3) is 0.375. The van der Waals surface area contributed by atoms with Gasteiger partial charge >= 0.3 is 0 Å². The third-order valence-electron chi connectivity index (χ3n) is 3.28. The molecule has 100 valence electrons. The van der Waals surface area contributed by atoms with Gasteiger partial charge in [-0.2, -0.15) is 0 Å². The standard InChI is InChI=1S/C16H21N3/c1-10-6-15(9-17-8-10)19-14(5)16-11(2)7-12(3)18-13(16)4/h6-9,14,19H,1-5H3. The molecule has 2 aromatic rings. The largest absolute Gasteiger partial charge is 0.377 e. The van der Waals surface area contributed by atoms with Crippen molar-refractivity contribution in [3.8, 4) is 0 Å². The molecule has 2 aromatic heterocycles. The summed E-state index contributed by atoms with van der Waals surface area (Å²) in [6.45, 7) is 10.5. The molecule has 0 saturated heterocycles. The molecule has 0 radical (unpaired) electrons. The number of hydrogen-bond acceptors (Lipinski definition) is 3. The van der Waals surface area contributed by atoms with Crippen molar-refractivity contribution in [2.24, 2.45) is 0 Å². The molecule has 0 aromatic carbocycles. The van der Waals surface area contributed by atoms with Gasteiger partial charge in [0.25, 0.3) is 0 Å². The number of hydrogen-bond donors (Lipinski definition) is 1. The van der Waals surface area contributed by atoms with Crippen LogP contribution < -0.4 is 5.32 Å². The molecule has 0 aliphatic carbocycles. The van der Waals surface area contributed by atoms with Gasteiger partial charge in [0.05, 0.1) is 11.7 Å². The Balaban J connectivity index is 2.28. The average molecular weight is 255 g/mol. The highest BCUT2D eigenvalue weighted by Gasteiger charge is 2.13. The Kier molecular flexibility index (Phi) is 3.84. The van der Waals surface area contributed by atoms with Gasteiger partial charge in [-0.1, -0.05) is 0 Å². The minimum atomic E-state index is 0.219. The van der Waals surface area contributed by atoms with E-state index < -0.39 is 0 Å². The first kappa shape index (κ1) is 13.5. The van der Waals surface area contributed by atoms with Gasteiger partial charge in [-0.15, -0.1) is 0 Å². The van der Waals surface area contributed by atoms with E-state index in [4.69, 9.17) is 0 Å². The van der Waals surface area contributed by atoms with Gasteiger partial charge in [0.1, 0.15) is 0 Å². The second kappa shape index (κ2) is 5.39. The first-order chi connectivity index (χ1) is 8.97. The molecule has 1 unspecified atom stereocenters. The van der Waals surface area contributed by atoms with E-state index in [9.17, 15) is 0 Å². The molecule has 2 rings (SSSR count). The number of aryl methyl sites for hydroxylation is 4. The predicted molar refractivity (Wildman–Crippen MR) is 79.5 cm³/mol. The Morgan fingerprint density at radius 2 is 1.79 bits per heavy atom. The number of nitrogens with zero attached hydrogens (tertiary/aromatic N) is 2. The maximum atomic E-state index is 4.56. The maximum Gasteiger partial charge on any atom is 0.0534 e. The summed E-state index contributed by atoms with van der Waals surface area (Å²) < 4.78 is 0. The lowest BCUT2D eigenvalue weighted by Crippen LogP contribution is -2.11. The van der Waals surface area contributed by atoms with E-state index in [1.54, 1.807) is 0 Å². The Bertz CT molecular complexity index is 567. The molecule has 0 aliphatic rings. The average Bonchev–Trinajstić information content (AvgIpc) is 2.27. The Labute approximate surface area is 115 Å². The maximum absolute atomic E-state index is 4.56. The lowest BCUT2D eigenvalue weighted by molar-refractivity contribution is 0.841. The van der Waals surface area contributed by atoms with Crippen LogP contribution in [0.2, 0.25) is 0 Å². The quantitative estimate of drug-likeness (QED) is 0.904. The molecule has 3 heteroatoms. The molecule has 1 N–H and O–H groups in total. The molecule has 0 spiro atoms. The lowest BCUT2D eigenvalue weighted by atomic mass is 10.0. The smallest absolute Gasteiger partial charge is 0.0534 e. The Morgan fingerprint density at radius 3 is 2.42 bits per heavy atom. The third-order valence-corrected chi connectivity index (χ3v) is 3.28. The fourth-order valence-electron chi connectivity index (χ4n) is 2.64. The van der Waals surface area contributed by atoms with E-state index in [0.717, 1.165) is 22.6 Å². The van der Waals surface area contributed by atoms with Crippen molar-refractivity contribution in [2.75, 3.05) is 5.32 Å². The van der Waals surface area contributed by atoms with Gasteiger partial charge in [0, 0.05) is 23.8 Å². The van der Waals surface area contributed by atoms with E-state index in [0.29, 0.717) is 0 Å². The van der Waals surface area contributed by atoms with Crippen LogP contribution in [0.15, 0.2) is 24.5 Å². The van der Waals surface area contributed by atoms with Crippen molar-refractivity contribution >= 4 is 5.69 Å². The predicted octanol–water partition coefficient (Wildman–Crippen LogP) is 3.88. The zero-order valence-corrected chi connectivity index (χ0v) is 12.3. The first-order valence-electron chi connectivity index (χ1n) is 6.60. The monoisotopic (exact) mass is 255 g/mol. The van der Waals surface area contributed by atoms with Crippen LogP contribution >= 0.6 is 0 Å². The van der Waals surface area contributed by atoms with Crippen LogP contribution in [0.25, 0.3) is 0 Å². The van der Waals surface area contributed by atoms with Crippen molar-refractivity contribution in [2.45, 2.75) is 40.7 Å². The molecule has 1 atom stereocenters. The SMILES string of the molecule is Cc1cncc(NC(C)c2c(C)cc(C)nc2C)c1. The zero-order chi connectivity index (χ0) is 14.0. The van der Waals surface area contributed by atoms with Crippen LogP contribution in [0, 0.1) is 27.7 Å². The Morgan fingerprint density at radius 1 is 1.05 bits per heavy atom. The van der Waals surface area contributed by atoms with Crippen LogP contribution in [0.3, 0.4) is 0 Å². The van der Waals surface area contributed by atoms with E-state index in [1.807, 2.05) is 26.2 Å². The minimum absolute atomic E-state index is 0.219. The van der Waals surface area contributed by atoms with Crippen LogP contribution in [-0.2, 0) is 0 Å². The van der Waals surface area contributed by atoms with Crippen molar-refractivity contribution < 1.29 is 0 Å². The highest BCUT2D eigenvalue weighted by atomic mass is 14.9. The minimum Gasteiger partial charge on any atom is -0.377 e. The molecule has 0 bridgehead atoms. The molecule has 3 nitrogen and oxygen atoms in total. The van der Waals surface area contributed by atoms with E-state index >= 15 is 0 Å². The summed E-state index contributed by atoms with van der Waals surface area (Å²) in [5, 5.41) is 3.50. The summed E-state index contributed by atoms with van der Waals surface area (Å²) in [6, 6.07) is 4.46. The number of aromatic nitrogens is 2. The van der Waals surface area contributed by atoms with Gasteiger partial charge in [0.2, 0.25) is 0 Å². The summed E-state index contributed by atoms with van der Waals surface area (Å²) in [5.74, 6) is 0. The van der Waals surface area contributed by atoms with E-state index in [1.165, 1.54) is 11.1 Å². The molecule has 0 amide bonds. The molecule has 0 fully saturated rings. The zero-order valence-electron chi connectivity index (χ0n) is 12.3. The van der Waals surface area contributed by atoms with Crippen LogP contribution in [0.4, 0.5) is 5.69 Å². The van der Waals surface area contributed by atoms with Crippen molar-refractivity contribution in [3.63, 3.8) is 0 Å². The van der Waals surface area contributed by atoms with Crippen molar-refractivity contribution in [1.82, 2.24) is 9.97 Å². The molecule has 19 heavy (non-hydrogen) atoms. The number of anilines is 1. The fourth-order valence-corrected chi connectivity index (χ4v) is 2.64. The highest BCUT2D eigenvalue weighted by molar-refractivity contribution is 5.46. The highest BCUT2D eigenvalue weighted by Crippen LogP contribution is 2.24. The van der Waals surface area contributed by atoms with Crippen molar-refractivity contribution in [3.05, 3.63) is 52.6 Å². The number of rotatable bonds is 3. The third kappa shape index (κ3) is 3.11. The molecule has 2 heterocycles. The van der Waals surface area contributed by atoms with E-state index in [-0.39, 0.29) is 6.04 Å². The number of nitrogens with one attached hydrogen (secondary N) is 1. The second-order valence-corrected chi connectivity index (χ2v) is 5.20. The second-order valence-electron chi connectivity index (χ2n) is 5.20. The van der Waals surface area contributed by atoms with Crippen LogP contribution in [0.5, 0.6) is 0 Å². The summed E-state index contributed by atoms with van der Waals surface area (Å²) in [6.07, 6.45) is 3.72. The summed E-state index contributed by atoms with van der Waals surface area (Å²) in [5.41, 5.74) is 6.93. The van der Waals surface area contributed by atoms with Crippen LogP contribution in [0.1, 0.15) is 41.0 Å². The summed E-state index contributed by atoms with van der Waals surface area (Å²) in [7, 11) is 0. The molecule has 0 aliphatic heterocycles. The van der Waals surface area contributed by atoms with Crippen molar-refractivity contribution in [1.29, 1.82) is 0 Å². The molecular weight excluding hydrogens is 234 g/mol. The van der Waals surface area contributed by atoms with Gasteiger partial charge in [0.15, 0.2) is 0 Å². The van der Waals surface area contributed by atoms with Crippen LogP contribution in [-0.4, -0.2) is 9.97 Å². The Hall–Kier alpha value is -1.90. The number of pyridine rings is 2. The van der Waals surface area contributed by atoms with Gasteiger partial charge in [-0.05, 0) is 63.4 Å². The summed E-state index contributed by atoms with van der Waals surface area (Å²) >= 11 is 0. The lowest BCUT2D eigenvalue weighted by Gasteiger charge is -2.20. The topological polar surface area (TPSA) is 37.8 Å². The normalized spacial score (nSPS) is 12.3. The molecule has 0 saturated carbocycles. The van der Waals surface area contributed by atoms with E-state index in [2.05, 4.69) is 48.2 Å². The van der Waals surface area contributed by atoms with Gasteiger partial charge in [-0.3, -0.25) is 9.97 Å².